The lowest BCUT2D eigenvalue weighted by molar-refractivity contribution is -0.135. The van der Waals surface area contributed by atoms with Crippen molar-refractivity contribution >= 4 is 28.7 Å². The van der Waals surface area contributed by atoms with Crippen LogP contribution in [0.5, 0.6) is 0 Å². The maximum absolute atomic E-state index is 12.4. The fraction of sp³-hybridized carbons (Fsp3) is 0.500. The van der Waals surface area contributed by atoms with E-state index in [1.54, 1.807) is 25.1 Å². The Labute approximate surface area is 145 Å². The van der Waals surface area contributed by atoms with Gasteiger partial charge >= 0.3 is 0 Å². The van der Waals surface area contributed by atoms with E-state index in [2.05, 4.69) is 13.8 Å². The molecule has 23 heavy (non-hydrogen) atoms. The van der Waals surface area contributed by atoms with Crippen LogP contribution in [-0.4, -0.2) is 11.6 Å². The molecular weight excluding hydrogens is 308 g/mol. The fourth-order valence-corrected chi connectivity index (χ4v) is 2.13. The van der Waals surface area contributed by atoms with Gasteiger partial charge in [-0.1, -0.05) is 64.8 Å². The Morgan fingerprint density at radius 1 is 1.17 bits per heavy atom. The zero-order valence-electron chi connectivity index (χ0n) is 15.2. The molecule has 0 amide bonds. The van der Waals surface area contributed by atoms with Gasteiger partial charge in [-0.15, -0.1) is 0 Å². The molecule has 1 atom stereocenters. The Bertz CT molecular complexity index is 559. The second-order valence-corrected chi connectivity index (χ2v) is 6.13. The average molecular weight is 337 g/mol. The summed E-state index contributed by atoms with van der Waals surface area (Å²) in [5.74, 6) is -0.986. The van der Waals surface area contributed by atoms with Gasteiger partial charge < -0.3 is 0 Å². The van der Waals surface area contributed by atoms with Gasteiger partial charge in [-0.05, 0) is 43.0 Å². The first-order valence-corrected chi connectivity index (χ1v) is 8.76. The lowest BCUT2D eigenvalue weighted by Gasteiger charge is -2.12. The first kappa shape index (κ1) is 21.6. The van der Waals surface area contributed by atoms with Crippen molar-refractivity contribution in [1.82, 2.24) is 0 Å². The van der Waals surface area contributed by atoms with Gasteiger partial charge in [0.25, 0.3) is 0 Å². The van der Waals surface area contributed by atoms with Gasteiger partial charge in [0.05, 0.1) is 0 Å². The molecule has 0 saturated heterocycles. The predicted octanol–water partition coefficient (Wildman–Crippen LogP) is 6.04. The number of hydrogen-bond donors (Lipinski definition) is 0. The van der Waals surface area contributed by atoms with E-state index in [0.29, 0.717) is 23.4 Å². The first-order valence-electron chi connectivity index (χ1n) is 8.38. The molecule has 3 heteroatoms. The smallest absolute Gasteiger partial charge is 0.229 e. The summed E-state index contributed by atoms with van der Waals surface area (Å²) in [5, 5.41) is 0.566. The van der Waals surface area contributed by atoms with E-state index in [1.807, 2.05) is 26.8 Å². The molecule has 0 bridgehead atoms. The van der Waals surface area contributed by atoms with Crippen LogP contribution in [0.25, 0.3) is 5.57 Å². The fourth-order valence-electron chi connectivity index (χ4n) is 1.96. The van der Waals surface area contributed by atoms with Crippen molar-refractivity contribution in [3.05, 3.63) is 40.4 Å². The monoisotopic (exact) mass is 336 g/mol. The molecule has 0 aliphatic carbocycles. The van der Waals surface area contributed by atoms with Crippen LogP contribution in [0, 0.1) is 12.8 Å². The van der Waals surface area contributed by atoms with Gasteiger partial charge in [0.1, 0.15) is 0 Å². The molecule has 0 spiro atoms. The summed E-state index contributed by atoms with van der Waals surface area (Å²) in [6, 6.07) is 5.40. The zero-order valence-corrected chi connectivity index (χ0v) is 16.0. The van der Waals surface area contributed by atoms with Gasteiger partial charge in [-0.25, -0.2) is 0 Å². The van der Waals surface area contributed by atoms with Crippen molar-refractivity contribution in [2.75, 3.05) is 0 Å². The number of allylic oxidation sites excluding steroid dienone is 2. The van der Waals surface area contributed by atoms with Crippen LogP contribution in [0.3, 0.4) is 0 Å². The van der Waals surface area contributed by atoms with Crippen molar-refractivity contribution in [3.8, 4) is 0 Å². The molecule has 1 aromatic carbocycles. The molecule has 1 rings (SSSR count). The van der Waals surface area contributed by atoms with Crippen LogP contribution < -0.4 is 0 Å². The van der Waals surface area contributed by atoms with Crippen molar-refractivity contribution in [3.63, 3.8) is 0 Å². The van der Waals surface area contributed by atoms with Gasteiger partial charge in [-0.2, -0.15) is 0 Å². The molecule has 0 saturated carbocycles. The van der Waals surface area contributed by atoms with Crippen LogP contribution in [0.1, 0.15) is 65.0 Å². The summed E-state index contributed by atoms with van der Waals surface area (Å²) >= 11 is 6.01. The minimum Gasteiger partial charge on any atom is -0.290 e. The quantitative estimate of drug-likeness (QED) is 0.468. The van der Waals surface area contributed by atoms with Crippen LogP contribution >= 0.6 is 11.6 Å². The van der Waals surface area contributed by atoms with E-state index in [1.165, 1.54) is 6.42 Å². The number of hydrogen-bond acceptors (Lipinski definition) is 2. The Balaban J connectivity index is 0.00000149. The number of halogens is 1. The summed E-state index contributed by atoms with van der Waals surface area (Å²) in [4.78, 5) is 24.6. The summed E-state index contributed by atoms with van der Waals surface area (Å²) in [6.45, 7) is 11.8. The molecule has 0 heterocycles. The molecule has 128 valence electrons. The highest BCUT2D eigenvalue weighted by Gasteiger charge is 2.24. The highest BCUT2D eigenvalue weighted by molar-refractivity contribution is 6.54. The second kappa shape index (κ2) is 11.2. The van der Waals surface area contributed by atoms with Crippen LogP contribution in [0.15, 0.2) is 24.3 Å². The molecule has 0 N–H and O–H groups in total. The molecule has 1 aromatic rings. The number of carbonyl (C=O) groups is 2. The lowest BCUT2D eigenvalue weighted by Crippen LogP contribution is -2.22. The van der Waals surface area contributed by atoms with Crippen molar-refractivity contribution in [1.29, 1.82) is 0 Å². The summed E-state index contributed by atoms with van der Waals surface area (Å²) < 4.78 is 0. The third-order valence-electron chi connectivity index (χ3n) is 3.43. The minimum absolute atomic E-state index is 0.248. The van der Waals surface area contributed by atoms with E-state index in [0.717, 1.165) is 11.1 Å². The maximum Gasteiger partial charge on any atom is 0.229 e. The molecular formula is C20H29ClO2. The average Bonchev–Trinajstić information content (AvgIpc) is 2.53. The Morgan fingerprint density at radius 2 is 1.74 bits per heavy atom. The molecule has 0 fully saturated rings. The Morgan fingerprint density at radius 3 is 2.22 bits per heavy atom. The maximum atomic E-state index is 12.4. The van der Waals surface area contributed by atoms with Crippen molar-refractivity contribution in [2.45, 2.75) is 60.8 Å². The van der Waals surface area contributed by atoms with Gasteiger partial charge in [0, 0.05) is 16.5 Å². The van der Waals surface area contributed by atoms with Crippen molar-refractivity contribution < 1.29 is 9.59 Å². The normalized spacial score (nSPS) is 12.2. The van der Waals surface area contributed by atoms with Crippen LogP contribution in [0.2, 0.25) is 5.02 Å². The number of benzene rings is 1. The number of ketones is 2. The molecule has 0 radical (unpaired) electrons. The largest absolute Gasteiger partial charge is 0.290 e. The molecule has 0 aliphatic rings. The van der Waals surface area contributed by atoms with Gasteiger partial charge in [-0.3, -0.25) is 9.59 Å². The molecule has 1 unspecified atom stereocenters. The highest BCUT2D eigenvalue weighted by atomic mass is 35.5. The predicted molar refractivity (Wildman–Crippen MR) is 99.9 cm³/mol. The first-order chi connectivity index (χ1) is 10.8. The summed E-state index contributed by atoms with van der Waals surface area (Å²) in [6.07, 6.45) is 4.42. The third-order valence-corrected chi connectivity index (χ3v) is 3.66. The Hall–Kier alpha value is -1.41. The zero-order chi connectivity index (χ0) is 18.0. The number of rotatable bonds is 6. The van der Waals surface area contributed by atoms with Crippen LogP contribution in [-0.2, 0) is 9.59 Å². The van der Waals surface area contributed by atoms with Gasteiger partial charge in [0.2, 0.25) is 11.6 Å². The van der Waals surface area contributed by atoms with Crippen molar-refractivity contribution in [2.24, 2.45) is 5.92 Å². The second-order valence-electron chi connectivity index (χ2n) is 5.70. The van der Waals surface area contributed by atoms with E-state index < -0.39 is 5.78 Å². The van der Waals surface area contributed by atoms with E-state index in [4.69, 9.17) is 11.6 Å². The van der Waals surface area contributed by atoms with E-state index >= 15 is 0 Å². The SMILES string of the molecule is CC/C=C(/C(=O)C(=O)C(C)CC)c1cc(Cl)ccc1C.CCC. The lowest BCUT2D eigenvalue weighted by atomic mass is 9.90. The van der Waals surface area contributed by atoms with E-state index in [9.17, 15) is 9.59 Å². The van der Waals surface area contributed by atoms with Crippen LogP contribution in [0.4, 0.5) is 0 Å². The highest BCUT2D eigenvalue weighted by Crippen LogP contribution is 2.25. The molecule has 0 aliphatic heterocycles. The van der Waals surface area contributed by atoms with Gasteiger partial charge in [0.15, 0.2) is 0 Å². The molecule has 0 aromatic heterocycles. The van der Waals surface area contributed by atoms with E-state index in [-0.39, 0.29) is 11.7 Å². The topological polar surface area (TPSA) is 34.1 Å². The summed E-state index contributed by atoms with van der Waals surface area (Å²) in [5.41, 5.74) is 2.17. The minimum atomic E-state index is -0.411. The summed E-state index contributed by atoms with van der Waals surface area (Å²) in [7, 11) is 0. The number of carbonyl (C=O) groups excluding carboxylic acids is 2. The number of Topliss-reactive ketones (excluding diaryl/α,β-unsaturated/α-hetero) is 2. The molecule has 2 nitrogen and oxygen atoms in total. The number of aryl methyl sites for hydroxylation is 1. The third kappa shape index (κ3) is 6.70. The Kier molecular flexibility index (Phi) is 10.5. The standard InChI is InChI=1S/C17H21ClO2.C3H8/c1-5-7-14(17(20)16(19)11(3)6-2)15-10-13(18)9-8-12(15)4;1-3-2/h7-11H,5-6H2,1-4H3;3H2,1-2H3/b14-7+;.